The molecule has 1 saturated carbocycles. The van der Waals surface area contributed by atoms with Gasteiger partial charge in [-0.3, -0.25) is 0 Å². The minimum atomic E-state index is 0.541. The van der Waals surface area contributed by atoms with E-state index in [4.69, 9.17) is 0 Å². The van der Waals surface area contributed by atoms with Crippen molar-refractivity contribution in [3.05, 3.63) is 35.4 Å². The lowest BCUT2D eigenvalue weighted by molar-refractivity contribution is 0.148. The highest BCUT2D eigenvalue weighted by Gasteiger charge is 2.31. The fourth-order valence-electron chi connectivity index (χ4n) is 3.57. The van der Waals surface area contributed by atoms with Crippen LogP contribution in [-0.4, -0.2) is 6.04 Å². The molecule has 1 aliphatic carbocycles. The van der Waals surface area contributed by atoms with Crippen LogP contribution in [0.5, 0.6) is 0 Å². The molecular weight excluding hydrogens is 230 g/mol. The van der Waals surface area contributed by atoms with E-state index in [2.05, 4.69) is 57.3 Å². The van der Waals surface area contributed by atoms with Crippen molar-refractivity contribution in [2.24, 2.45) is 11.3 Å². The van der Waals surface area contributed by atoms with Crippen LogP contribution in [0.1, 0.15) is 58.1 Å². The molecule has 0 aromatic heterocycles. The Morgan fingerprint density at radius 3 is 2.53 bits per heavy atom. The highest BCUT2D eigenvalue weighted by Crippen LogP contribution is 2.38. The van der Waals surface area contributed by atoms with Gasteiger partial charge in [-0.15, -0.1) is 0 Å². The first-order valence-corrected chi connectivity index (χ1v) is 7.82. The third-order valence-corrected chi connectivity index (χ3v) is 4.75. The monoisotopic (exact) mass is 259 g/mol. The smallest absolute Gasteiger partial charge is 0.0210 e. The third kappa shape index (κ3) is 3.82. The Balaban J connectivity index is 1.92. The van der Waals surface area contributed by atoms with Gasteiger partial charge in [-0.2, -0.15) is 0 Å². The first-order valence-electron chi connectivity index (χ1n) is 7.82. The molecule has 0 amide bonds. The quantitative estimate of drug-likeness (QED) is 0.836. The number of aryl methyl sites for hydroxylation is 1. The summed E-state index contributed by atoms with van der Waals surface area (Å²) in [6.07, 6.45) is 5.15. The maximum atomic E-state index is 3.80. The number of hydrogen-bond acceptors (Lipinski definition) is 1. The molecule has 0 aliphatic heterocycles. The van der Waals surface area contributed by atoms with Crippen LogP contribution in [0.2, 0.25) is 0 Å². The lowest BCUT2D eigenvalue weighted by Crippen LogP contribution is -2.41. The van der Waals surface area contributed by atoms with Crippen LogP contribution in [-0.2, 0) is 13.0 Å². The molecule has 2 unspecified atom stereocenters. The second-order valence-corrected chi connectivity index (χ2v) is 6.99. The summed E-state index contributed by atoms with van der Waals surface area (Å²) in [5.74, 6) is 0.789. The Kier molecular flexibility index (Phi) is 4.67. The van der Waals surface area contributed by atoms with E-state index in [1.807, 2.05) is 0 Å². The summed E-state index contributed by atoms with van der Waals surface area (Å²) in [6, 6.07) is 9.52. The van der Waals surface area contributed by atoms with Gasteiger partial charge in [0, 0.05) is 12.6 Å². The molecule has 1 aromatic rings. The first-order chi connectivity index (χ1) is 9.02. The van der Waals surface area contributed by atoms with Crippen molar-refractivity contribution in [2.75, 3.05) is 0 Å². The molecule has 106 valence electrons. The van der Waals surface area contributed by atoms with Crippen LogP contribution in [0.15, 0.2) is 24.3 Å². The molecule has 2 atom stereocenters. The molecular formula is C18H29N. The first kappa shape index (κ1) is 14.6. The van der Waals surface area contributed by atoms with Crippen molar-refractivity contribution in [3.63, 3.8) is 0 Å². The average Bonchev–Trinajstić information content (AvgIpc) is 2.37. The van der Waals surface area contributed by atoms with Crippen molar-refractivity contribution in [1.82, 2.24) is 5.32 Å². The summed E-state index contributed by atoms with van der Waals surface area (Å²) in [5, 5.41) is 3.80. The molecule has 0 radical (unpaired) electrons. The van der Waals surface area contributed by atoms with E-state index in [1.54, 1.807) is 0 Å². The number of hydrogen-bond donors (Lipinski definition) is 1. The van der Waals surface area contributed by atoms with Gasteiger partial charge < -0.3 is 5.32 Å². The van der Waals surface area contributed by atoms with Gasteiger partial charge in [0.15, 0.2) is 0 Å². The second kappa shape index (κ2) is 6.09. The van der Waals surface area contributed by atoms with Crippen LogP contribution in [0.25, 0.3) is 0 Å². The van der Waals surface area contributed by atoms with Gasteiger partial charge in [-0.25, -0.2) is 0 Å². The van der Waals surface area contributed by atoms with E-state index in [0.29, 0.717) is 11.5 Å². The Hall–Kier alpha value is -0.820. The van der Waals surface area contributed by atoms with Crippen molar-refractivity contribution >= 4 is 0 Å². The van der Waals surface area contributed by atoms with Gasteiger partial charge in [0.2, 0.25) is 0 Å². The lowest BCUT2D eigenvalue weighted by atomic mass is 9.70. The van der Waals surface area contributed by atoms with Crippen molar-refractivity contribution in [1.29, 1.82) is 0 Å². The van der Waals surface area contributed by atoms with Crippen molar-refractivity contribution < 1.29 is 0 Å². The fraction of sp³-hybridized carbons (Fsp3) is 0.667. The standard InChI is InChI=1S/C18H29N/c1-5-15-8-6-7-9-16(15)13-19-17-10-11-18(3,4)12-14(17)2/h6-9,14,17,19H,5,10-13H2,1-4H3. The third-order valence-electron chi connectivity index (χ3n) is 4.75. The Labute approximate surface area is 118 Å². The predicted octanol–water partition coefficient (Wildman–Crippen LogP) is 4.55. The summed E-state index contributed by atoms with van der Waals surface area (Å²) in [4.78, 5) is 0. The maximum absolute atomic E-state index is 3.80. The van der Waals surface area contributed by atoms with E-state index in [1.165, 1.54) is 30.4 Å². The largest absolute Gasteiger partial charge is 0.310 e. The summed E-state index contributed by atoms with van der Waals surface area (Å²) < 4.78 is 0. The highest BCUT2D eigenvalue weighted by atomic mass is 14.9. The second-order valence-electron chi connectivity index (χ2n) is 6.99. The molecule has 1 aliphatic rings. The van der Waals surface area contributed by atoms with E-state index in [9.17, 15) is 0 Å². The molecule has 1 nitrogen and oxygen atoms in total. The summed E-state index contributed by atoms with van der Waals surface area (Å²) >= 11 is 0. The fourth-order valence-corrected chi connectivity index (χ4v) is 3.57. The van der Waals surface area contributed by atoms with Crippen LogP contribution < -0.4 is 5.32 Å². The van der Waals surface area contributed by atoms with E-state index >= 15 is 0 Å². The number of nitrogens with one attached hydrogen (secondary N) is 1. The lowest BCUT2D eigenvalue weighted by Gasteiger charge is -2.39. The van der Waals surface area contributed by atoms with Crippen molar-refractivity contribution in [3.8, 4) is 0 Å². The zero-order valence-corrected chi connectivity index (χ0v) is 13.0. The summed E-state index contributed by atoms with van der Waals surface area (Å²) in [6.45, 7) is 10.5. The van der Waals surface area contributed by atoms with E-state index in [0.717, 1.165) is 18.9 Å². The SMILES string of the molecule is CCc1ccccc1CNC1CCC(C)(C)CC1C. The van der Waals surface area contributed by atoms with Crippen LogP contribution in [0.4, 0.5) is 0 Å². The van der Waals surface area contributed by atoms with Crippen molar-refractivity contribution in [2.45, 2.75) is 66.0 Å². The Morgan fingerprint density at radius 1 is 1.21 bits per heavy atom. The minimum Gasteiger partial charge on any atom is -0.310 e. The molecule has 1 N–H and O–H groups in total. The van der Waals surface area contributed by atoms with Crippen LogP contribution in [0.3, 0.4) is 0 Å². The average molecular weight is 259 g/mol. The van der Waals surface area contributed by atoms with Crippen LogP contribution >= 0.6 is 0 Å². The summed E-state index contributed by atoms with van der Waals surface area (Å²) in [5.41, 5.74) is 3.50. The molecule has 2 rings (SSSR count). The topological polar surface area (TPSA) is 12.0 Å². The minimum absolute atomic E-state index is 0.541. The van der Waals surface area contributed by atoms with E-state index in [-0.39, 0.29) is 0 Å². The van der Waals surface area contributed by atoms with Gasteiger partial charge in [-0.1, -0.05) is 52.0 Å². The zero-order valence-electron chi connectivity index (χ0n) is 13.0. The predicted molar refractivity (Wildman–Crippen MR) is 83.2 cm³/mol. The summed E-state index contributed by atoms with van der Waals surface area (Å²) in [7, 11) is 0. The molecule has 1 aromatic carbocycles. The molecule has 1 fully saturated rings. The Bertz CT molecular complexity index is 408. The van der Waals surface area contributed by atoms with E-state index < -0.39 is 0 Å². The van der Waals surface area contributed by atoms with Gasteiger partial charge in [0.1, 0.15) is 0 Å². The van der Waals surface area contributed by atoms with Gasteiger partial charge in [0.05, 0.1) is 0 Å². The maximum Gasteiger partial charge on any atom is 0.0210 e. The number of benzene rings is 1. The highest BCUT2D eigenvalue weighted by molar-refractivity contribution is 5.26. The molecule has 1 heteroatoms. The van der Waals surface area contributed by atoms with Gasteiger partial charge in [0.25, 0.3) is 0 Å². The molecule has 0 saturated heterocycles. The molecule has 0 bridgehead atoms. The molecule has 19 heavy (non-hydrogen) atoms. The number of rotatable bonds is 4. The molecule has 0 heterocycles. The van der Waals surface area contributed by atoms with Crippen LogP contribution in [0, 0.1) is 11.3 Å². The van der Waals surface area contributed by atoms with Gasteiger partial charge in [-0.05, 0) is 48.1 Å². The Morgan fingerprint density at radius 2 is 1.89 bits per heavy atom. The van der Waals surface area contributed by atoms with Gasteiger partial charge >= 0.3 is 0 Å². The molecule has 0 spiro atoms. The normalized spacial score (nSPS) is 26.3. The zero-order chi connectivity index (χ0) is 13.9.